The Hall–Kier alpha value is -3.80. The Bertz CT molecular complexity index is 1130. The zero-order valence-corrected chi connectivity index (χ0v) is 22.3. The molecule has 6 heteroatoms. The number of esters is 2. The molecule has 0 unspecified atom stereocenters. The summed E-state index contributed by atoms with van der Waals surface area (Å²) in [4.78, 5) is 24.7. The maximum absolute atomic E-state index is 12.5. The van der Waals surface area contributed by atoms with E-state index in [2.05, 4.69) is 6.92 Å². The van der Waals surface area contributed by atoms with Gasteiger partial charge in [-0.05, 0) is 73.2 Å². The Morgan fingerprint density at radius 2 is 1.11 bits per heavy atom. The van der Waals surface area contributed by atoms with Gasteiger partial charge in [0.05, 0.1) is 17.7 Å². The number of carbonyl (C=O) groups excluding carboxylic acids is 2. The van der Waals surface area contributed by atoms with E-state index in [0.717, 1.165) is 12.2 Å². The minimum absolute atomic E-state index is 0.334. The molecule has 202 valence electrons. The highest BCUT2D eigenvalue weighted by Gasteiger charge is 2.11. The number of rotatable bonds is 16. The largest absolute Gasteiger partial charge is 0.494 e. The standard InChI is InChI=1S/C32H39NO5/c1-2-3-4-5-6-7-8-9-10-11-23-36-28-17-15-25(16-18-28)31(34)37-29-19-21-30(22-20-29)38-32(35)26-13-12-14-27(33)24-26/h12-22,24H,2-11,23,33H2,1H3. The second kappa shape index (κ2) is 16.1. The average molecular weight is 518 g/mol. The molecule has 0 saturated heterocycles. The predicted octanol–water partition coefficient (Wildman–Crippen LogP) is 8.01. The van der Waals surface area contributed by atoms with Gasteiger partial charge in [0, 0.05) is 5.69 Å². The van der Waals surface area contributed by atoms with E-state index in [1.54, 1.807) is 72.8 Å². The van der Waals surface area contributed by atoms with Crippen molar-refractivity contribution in [1.82, 2.24) is 0 Å². The second-order valence-corrected chi connectivity index (χ2v) is 9.43. The van der Waals surface area contributed by atoms with E-state index in [4.69, 9.17) is 19.9 Å². The maximum atomic E-state index is 12.5. The molecule has 3 aromatic carbocycles. The van der Waals surface area contributed by atoms with Gasteiger partial charge in [-0.3, -0.25) is 0 Å². The van der Waals surface area contributed by atoms with Crippen LogP contribution in [0.4, 0.5) is 5.69 Å². The Kier molecular flexibility index (Phi) is 12.2. The third-order valence-electron chi connectivity index (χ3n) is 6.22. The van der Waals surface area contributed by atoms with Crippen LogP contribution in [0.1, 0.15) is 91.8 Å². The van der Waals surface area contributed by atoms with Crippen molar-refractivity contribution >= 4 is 17.6 Å². The first-order chi connectivity index (χ1) is 18.5. The molecule has 3 rings (SSSR count). The molecular formula is C32H39NO5. The summed E-state index contributed by atoms with van der Waals surface area (Å²) in [6.07, 6.45) is 12.9. The van der Waals surface area contributed by atoms with Crippen molar-refractivity contribution in [2.45, 2.75) is 71.1 Å². The number of carbonyl (C=O) groups is 2. The molecule has 0 heterocycles. The number of anilines is 1. The van der Waals surface area contributed by atoms with E-state index in [0.29, 0.717) is 34.9 Å². The average Bonchev–Trinajstić information content (AvgIpc) is 2.93. The normalized spacial score (nSPS) is 10.7. The zero-order valence-electron chi connectivity index (χ0n) is 22.3. The van der Waals surface area contributed by atoms with E-state index < -0.39 is 11.9 Å². The SMILES string of the molecule is CCCCCCCCCCCCOc1ccc(C(=O)Oc2ccc(OC(=O)c3cccc(N)c3)cc2)cc1. The lowest BCUT2D eigenvalue weighted by atomic mass is 10.1. The van der Waals surface area contributed by atoms with Gasteiger partial charge in [0.15, 0.2) is 0 Å². The van der Waals surface area contributed by atoms with Crippen molar-refractivity contribution in [2.75, 3.05) is 12.3 Å². The van der Waals surface area contributed by atoms with Crippen molar-refractivity contribution < 1.29 is 23.8 Å². The summed E-state index contributed by atoms with van der Waals surface area (Å²) in [6, 6.07) is 19.8. The highest BCUT2D eigenvalue weighted by molar-refractivity contribution is 5.92. The molecule has 0 atom stereocenters. The van der Waals surface area contributed by atoms with Crippen molar-refractivity contribution in [2.24, 2.45) is 0 Å². The lowest BCUT2D eigenvalue weighted by Crippen LogP contribution is -2.10. The topological polar surface area (TPSA) is 87.9 Å². The minimum Gasteiger partial charge on any atom is -0.494 e. The lowest BCUT2D eigenvalue weighted by Gasteiger charge is -2.09. The first-order valence-electron chi connectivity index (χ1n) is 13.7. The highest BCUT2D eigenvalue weighted by Crippen LogP contribution is 2.21. The molecule has 6 nitrogen and oxygen atoms in total. The molecule has 0 saturated carbocycles. The minimum atomic E-state index is -0.516. The summed E-state index contributed by atoms with van der Waals surface area (Å²) in [5.74, 6) is 0.429. The number of nitrogens with two attached hydrogens (primary N) is 1. The molecule has 0 aliphatic carbocycles. The molecule has 0 aromatic heterocycles. The van der Waals surface area contributed by atoms with E-state index in [-0.39, 0.29) is 0 Å². The van der Waals surface area contributed by atoms with Gasteiger partial charge < -0.3 is 19.9 Å². The van der Waals surface area contributed by atoms with Crippen molar-refractivity contribution in [3.8, 4) is 17.2 Å². The Morgan fingerprint density at radius 3 is 1.66 bits per heavy atom. The number of unbranched alkanes of at least 4 members (excludes halogenated alkanes) is 9. The third kappa shape index (κ3) is 10.3. The van der Waals surface area contributed by atoms with Gasteiger partial charge in [-0.25, -0.2) is 9.59 Å². The molecular weight excluding hydrogens is 478 g/mol. The molecule has 0 amide bonds. The van der Waals surface area contributed by atoms with Crippen LogP contribution in [0.25, 0.3) is 0 Å². The van der Waals surface area contributed by atoms with E-state index in [9.17, 15) is 9.59 Å². The van der Waals surface area contributed by atoms with E-state index in [1.165, 1.54) is 57.8 Å². The summed E-state index contributed by atoms with van der Waals surface area (Å²) in [6.45, 7) is 2.93. The molecule has 0 fully saturated rings. The van der Waals surface area contributed by atoms with Crippen LogP contribution < -0.4 is 19.9 Å². The summed E-state index contributed by atoms with van der Waals surface area (Å²) >= 11 is 0. The summed E-state index contributed by atoms with van der Waals surface area (Å²) in [7, 11) is 0. The van der Waals surface area contributed by atoms with Gasteiger partial charge in [0.2, 0.25) is 0 Å². The smallest absolute Gasteiger partial charge is 0.343 e. The van der Waals surface area contributed by atoms with Crippen LogP contribution in [0, 0.1) is 0 Å². The predicted molar refractivity (Wildman–Crippen MR) is 151 cm³/mol. The fourth-order valence-electron chi connectivity index (χ4n) is 4.04. The molecule has 0 spiro atoms. The number of hydrogen-bond donors (Lipinski definition) is 1. The van der Waals surface area contributed by atoms with Gasteiger partial charge >= 0.3 is 11.9 Å². The molecule has 0 bridgehead atoms. The molecule has 3 aromatic rings. The van der Waals surface area contributed by atoms with Crippen LogP contribution in [0.5, 0.6) is 17.2 Å². The van der Waals surface area contributed by atoms with Crippen molar-refractivity contribution in [1.29, 1.82) is 0 Å². The van der Waals surface area contributed by atoms with Crippen LogP contribution in [0.15, 0.2) is 72.8 Å². The van der Waals surface area contributed by atoms with Gasteiger partial charge in [-0.2, -0.15) is 0 Å². The summed E-state index contributed by atoms with van der Waals surface area (Å²) < 4.78 is 16.6. The third-order valence-corrected chi connectivity index (χ3v) is 6.22. The van der Waals surface area contributed by atoms with Gasteiger partial charge in [-0.1, -0.05) is 70.8 Å². The maximum Gasteiger partial charge on any atom is 0.343 e. The fourth-order valence-corrected chi connectivity index (χ4v) is 4.04. The lowest BCUT2D eigenvalue weighted by molar-refractivity contribution is 0.0719. The molecule has 0 aliphatic rings. The molecule has 0 radical (unpaired) electrons. The number of benzene rings is 3. The van der Waals surface area contributed by atoms with Gasteiger partial charge in [0.25, 0.3) is 0 Å². The van der Waals surface area contributed by atoms with Crippen molar-refractivity contribution in [3.63, 3.8) is 0 Å². The monoisotopic (exact) mass is 517 g/mol. The Morgan fingerprint density at radius 1 is 0.605 bits per heavy atom. The molecule has 0 aliphatic heterocycles. The fraction of sp³-hybridized carbons (Fsp3) is 0.375. The zero-order chi connectivity index (χ0) is 27.0. The van der Waals surface area contributed by atoms with E-state index >= 15 is 0 Å². The number of nitrogen functional groups attached to an aromatic ring is 1. The molecule has 38 heavy (non-hydrogen) atoms. The molecule has 2 N–H and O–H groups in total. The summed E-state index contributed by atoms with van der Waals surface area (Å²) in [5.41, 5.74) is 6.97. The summed E-state index contributed by atoms with van der Waals surface area (Å²) in [5, 5.41) is 0. The van der Waals surface area contributed by atoms with E-state index in [1.807, 2.05) is 0 Å². The van der Waals surface area contributed by atoms with Crippen LogP contribution in [0.2, 0.25) is 0 Å². The van der Waals surface area contributed by atoms with Crippen LogP contribution in [-0.4, -0.2) is 18.5 Å². The van der Waals surface area contributed by atoms with Gasteiger partial charge in [0.1, 0.15) is 17.2 Å². The Balaban J connectivity index is 1.34. The van der Waals surface area contributed by atoms with Crippen LogP contribution >= 0.6 is 0 Å². The number of hydrogen-bond acceptors (Lipinski definition) is 6. The van der Waals surface area contributed by atoms with Crippen LogP contribution in [-0.2, 0) is 0 Å². The Labute approximate surface area is 226 Å². The second-order valence-electron chi connectivity index (χ2n) is 9.43. The van der Waals surface area contributed by atoms with Crippen molar-refractivity contribution in [3.05, 3.63) is 83.9 Å². The van der Waals surface area contributed by atoms with Gasteiger partial charge in [-0.15, -0.1) is 0 Å². The first-order valence-corrected chi connectivity index (χ1v) is 13.7. The van der Waals surface area contributed by atoms with Crippen LogP contribution in [0.3, 0.4) is 0 Å². The highest BCUT2D eigenvalue weighted by atomic mass is 16.5. The quantitative estimate of drug-likeness (QED) is 0.0896. The first kappa shape index (κ1) is 28.8. The number of ether oxygens (including phenoxy) is 3.